The highest BCUT2D eigenvalue weighted by molar-refractivity contribution is 5.82. The van der Waals surface area contributed by atoms with Crippen molar-refractivity contribution in [1.29, 1.82) is 0 Å². The summed E-state index contributed by atoms with van der Waals surface area (Å²) in [6.07, 6.45) is 6.75. The van der Waals surface area contributed by atoms with E-state index in [1.54, 1.807) is 0 Å². The molecule has 1 aliphatic heterocycles. The van der Waals surface area contributed by atoms with Gasteiger partial charge in [-0.25, -0.2) is 0 Å². The van der Waals surface area contributed by atoms with E-state index < -0.39 is 0 Å². The lowest BCUT2D eigenvalue weighted by Crippen LogP contribution is -2.15. The van der Waals surface area contributed by atoms with Crippen molar-refractivity contribution >= 4 is 0 Å². The van der Waals surface area contributed by atoms with E-state index in [1.807, 2.05) is 12.2 Å². The summed E-state index contributed by atoms with van der Waals surface area (Å²) in [5.41, 5.74) is 8.18. The van der Waals surface area contributed by atoms with Gasteiger partial charge in [0.05, 0.1) is 6.61 Å². The second-order valence-corrected chi connectivity index (χ2v) is 6.16. The van der Waals surface area contributed by atoms with Gasteiger partial charge in [0.15, 0.2) is 0 Å². The van der Waals surface area contributed by atoms with Crippen molar-refractivity contribution in [3.8, 4) is 16.9 Å². The number of ether oxygens (including phenoxy) is 2. The van der Waals surface area contributed by atoms with E-state index >= 15 is 0 Å². The number of rotatable bonds is 4. The molecule has 2 aromatic rings. The van der Waals surface area contributed by atoms with Gasteiger partial charge in [0, 0.05) is 12.0 Å². The average molecular weight is 306 g/mol. The molecule has 2 nitrogen and oxygen atoms in total. The molecule has 0 radical (unpaired) electrons. The van der Waals surface area contributed by atoms with Crippen molar-refractivity contribution in [1.82, 2.24) is 0 Å². The molecule has 1 heterocycles. The highest BCUT2D eigenvalue weighted by Crippen LogP contribution is 2.45. The molecule has 1 unspecified atom stereocenters. The summed E-state index contributed by atoms with van der Waals surface area (Å²) in [4.78, 5) is 0. The highest BCUT2D eigenvalue weighted by Gasteiger charge is 2.26. The molecule has 4 rings (SSSR count). The van der Waals surface area contributed by atoms with Crippen molar-refractivity contribution in [3.63, 3.8) is 0 Å². The number of aryl methyl sites for hydroxylation is 2. The number of benzene rings is 2. The Morgan fingerprint density at radius 3 is 2.70 bits per heavy atom. The summed E-state index contributed by atoms with van der Waals surface area (Å²) in [7, 11) is 0. The van der Waals surface area contributed by atoms with Crippen LogP contribution in [0, 0.1) is 0 Å². The summed E-state index contributed by atoms with van der Waals surface area (Å²) in [6, 6.07) is 11.2. The smallest absolute Gasteiger partial charge is 0.220 e. The standard InChI is InChI=1S/C21H22O2/c1-3-14-7-5-8-16-13-18-17(20(14)16)11-10-15(4-2)21(18)23-19-9-6-12-22-19/h5-11,19H,3-4,12-13H2,1-2H3. The zero-order valence-corrected chi connectivity index (χ0v) is 13.8. The molecule has 23 heavy (non-hydrogen) atoms. The Kier molecular flexibility index (Phi) is 3.70. The van der Waals surface area contributed by atoms with Crippen LogP contribution >= 0.6 is 0 Å². The first-order valence-corrected chi connectivity index (χ1v) is 8.52. The lowest BCUT2D eigenvalue weighted by Gasteiger charge is -2.18. The van der Waals surface area contributed by atoms with E-state index in [2.05, 4.69) is 44.2 Å². The van der Waals surface area contributed by atoms with Crippen molar-refractivity contribution in [3.05, 3.63) is 64.7 Å². The van der Waals surface area contributed by atoms with Gasteiger partial charge in [0.2, 0.25) is 6.29 Å². The molecule has 0 aromatic heterocycles. The Bertz CT molecular complexity index is 774. The molecule has 118 valence electrons. The van der Waals surface area contributed by atoms with E-state index in [-0.39, 0.29) is 6.29 Å². The first-order chi connectivity index (χ1) is 11.3. The average Bonchev–Trinajstić information content (AvgIpc) is 3.22. The fraction of sp³-hybridized carbons (Fsp3) is 0.333. The normalized spacial score (nSPS) is 18.1. The molecule has 0 saturated heterocycles. The molecule has 0 saturated carbocycles. The minimum absolute atomic E-state index is 0.249. The summed E-state index contributed by atoms with van der Waals surface area (Å²) < 4.78 is 11.8. The lowest BCUT2D eigenvalue weighted by molar-refractivity contribution is -0.0200. The molecule has 2 aliphatic rings. The second-order valence-electron chi connectivity index (χ2n) is 6.16. The Morgan fingerprint density at radius 1 is 1.09 bits per heavy atom. The van der Waals surface area contributed by atoms with Gasteiger partial charge >= 0.3 is 0 Å². The van der Waals surface area contributed by atoms with Gasteiger partial charge in [-0.2, -0.15) is 0 Å². The zero-order valence-electron chi connectivity index (χ0n) is 13.8. The molecule has 0 spiro atoms. The molecular formula is C21H22O2. The minimum Gasteiger partial charge on any atom is -0.461 e. The van der Waals surface area contributed by atoms with Crippen molar-refractivity contribution < 1.29 is 9.47 Å². The molecule has 1 aliphatic carbocycles. The number of hydrogen-bond acceptors (Lipinski definition) is 2. The quantitative estimate of drug-likeness (QED) is 0.652. The first-order valence-electron chi connectivity index (χ1n) is 8.52. The summed E-state index contributed by atoms with van der Waals surface area (Å²) in [6.45, 7) is 5.05. The molecule has 0 bridgehead atoms. The molecular weight excluding hydrogens is 284 g/mol. The van der Waals surface area contributed by atoms with E-state index in [0.717, 1.165) is 25.0 Å². The zero-order chi connectivity index (χ0) is 15.8. The SMILES string of the molecule is CCc1ccc2c(c1OC1C=CCO1)Cc1cccc(CC)c1-2. The van der Waals surface area contributed by atoms with Crippen LogP contribution in [0.1, 0.15) is 36.1 Å². The van der Waals surface area contributed by atoms with Gasteiger partial charge in [-0.3, -0.25) is 0 Å². The number of fused-ring (bicyclic) bond motifs is 3. The van der Waals surface area contributed by atoms with E-state index in [1.165, 1.54) is 33.4 Å². The van der Waals surface area contributed by atoms with Gasteiger partial charge < -0.3 is 9.47 Å². The van der Waals surface area contributed by atoms with Crippen molar-refractivity contribution in [2.75, 3.05) is 6.61 Å². The van der Waals surface area contributed by atoms with Crippen LogP contribution in [0.4, 0.5) is 0 Å². The van der Waals surface area contributed by atoms with Crippen LogP contribution in [0.5, 0.6) is 5.75 Å². The Labute approximate surface area is 137 Å². The second kappa shape index (κ2) is 5.86. The Balaban J connectivity index is 1.83. The van der Waals surface area contributed by atoms with Gasteiger partial charge in [-0.1, -0.05) is 50.3 Å². The first kappa shape index (κ1) is 14.5. The van der Waals surface area contributed by atoms with E-state index in [0.29, 0.717) is 6.61 Å². The molecule has 2 heteroatoms. The topological polar surface area (TPSA) is 18.5 Å². The van der Waals surface area contributed by atoms with Crippen LogP contribution in [0.2, 0.25) is 0 Å². The lowest BCUT2D eigenvalue weighted by atomic mass is 9.96. The summed E-state index contributed by atoms with van der Waals surface area (Å²) in [5.74, 6) is 1.03. The van der Waals surface area contributed by atoms with Crippen molar-refractivity contribution in [2.24, 2.45) is 0 Å². The van der Waals surface area contributed by atoms with E-state index in [4.69, 9.17) is 9.47 Å². The van der Waals surface area contributed by atoms with Gasteiger partial charge in [-0.05, 0) is 46.7 Å². The van der Waals surface area contributed by atoms with Crippen LogP contribution in [-0.4, -0.2) is 12.9 Å². The van der Waals surface area contributed by atoms with Crippen molar-refractivity contribution in [2.45, 2.75) is 39.4 Å². The minimum atomic E-state index is -0.249. The third-order valence-corrected chi connectivity index (χ3v) is 4.86. The van der Waals surface area contributed by atoms with Gasteiger partial charge in [-0.15, -0.1) is 0 Å². The maximum absolute atomic E-state index is 6.24. The third-order valence-electron chi connectivity index (χ3n) is 4.86. The van der Waals surface area contributed by atoms with Crippen LogP contribution in [0.15, 0.2) is 42.5 Å². The molecule has 1 atom stereocenters. The Hall–Kier alpha value is -2.06. The summed E-state index contributed by atoms with van der Waals surface area (Å²) >= 11 is 0. The van der Waals surface area contributed by atoms with Crippen LogP contribution < -0.4 is 4.74 Å². The van der Waals surface area contributed by atoms with Crippen LogP contribution in [0.3, 0.4) is 0 Å². The molecule has 0 amide bonds. The maximum atomic E-state index is 6.24. The molecule has 0 fully saturated rings. The maximum Gasteiger partial charge on any atom is 0.220 e. The fourth-order valence-corrected chi connectivity index (χ4v) is 3.71. The Morgan fingerprint density at radius 2 is 1.96 bits per heavy atom. The predicted molar refractivity (Wildman–Crippen MR) is 92.9 cm³/mol. The van der Waals surface area contributed by atoms with Crippen LogP contribution in [-0.2, 0) is 24.0 Å². The van der Waals surface area contributed by atoms with Gasteiger partial charge in [0.25, 0.3) is 0 Å². The highest BCUT2D eigenvalue weighted by atomic mass is 16.7. The fourth-order valence-electron chi connectivity index (χ4n) is 3.71. The van der Waals surface area contributed by atoms with Crippen LogP contribution in [0.25, 0.3) is 11.1 Å². The van der Waals surface area contributed by atoms with E-state index in [9.17, 15) is 0 Å². The monoisotopic (exact) mass is 306 g/mol. The largest absolute Gasteiger partial charge is 0.461 e. The molecule has 0 N–H and O–H groups in total. The molecule has 2 aromatic carbocycles. The summed E-state index contributed by atoms with van der Waals surface area (Å²) in [5, 5.41) is 0. The predicted octanol–water partition coefficient (Wildman–Crippen LogP) is 4.67. The third kappa shape index (κ3) is 2.38. The van der Waals surface area contributed by atoms with Gasteiger partial charge in [0.1, 0.15) is 5.75 Å². The number of hydrogen-bond donors (Lipinski definition) is 0.